The van der Waals surface area contributed by atoms with Gasteiger partial charge in [0.15, 0.2) is 24.5 Å². The van der Waals surface area contributed by atoms with E-state index in [1.165, 1.54) is 7.11 Å². The fraction of sp³-hybridized carbons (Fsp3) is 0.923. The predicted molar refractivity (Wildman–Crippen MR) is 72.4 cm³/mol. The third kappa shape index (κ3) is 3.60. The van der Waals surface area contributed by atoms with Crippen molar-refractivity contribution in [1.82, 2.24) is 0 Å². The van der Waals surface area contributed by atoms with Gasteiger partial charge in [-0.25, -0.2) is 0 Å². The minimum atomic E-state index is -1.88. The number of hydrogen-bond donors (Lipinski definition) is 6. The molecule has 0 radical (unpaired) electrons. The Kier molecular flexibility index (Phi) is 6.61. The number of ketones is 1. The fourth-order valence-electron chi connectivity index (χ4n) is 2.63. The molecule has 2 aliphatic heterocycles. The third-order valence-corrected chi connectivity index (χ3v) is 4.03. The zero-order valence-electron chi connectivity index (χ0n) is 12.8. The highest BCUT2D eigenvalue weighted by Crippen LogP contribution is 2.28. The molecule has 140 valence electrons. The molecule has 0 spiro atoms. The Morgan fingerprint density at radius 1 is 0.917 bits per heavy atom. The average Bonchev–Trinajstić information content (AvgIpc) is 2.59. The molecule has 0 bridgehead atoms. The van der Waals surface area contributed by atoms with Gasteiger partial charge in [-0.15, -0.1) is 0 Å². The molecule has 2 aliphatic rings. The normalized spacial score (nSPS) is 47.0. The lowest BCUT2D eigenvalue weighted by molar-refractivity contribution is -0.340. The Morgan fingerprint density at radius 2 is 1.50 bits per heavy atom. The summed E-state index contributed by atoms with van der Waals surface area (Å²) >= 11 is 0. The highest BCUT2D eigenvalue weighted by atomic mass is 16.7. The molecule has 0 aromatic rings. The van der Waals surface area contributed by atoms with Crippen molar-refractivity contribution < 1.29 is 54.4 Å². The topological polar surface area (TPSA) is 175 Å². The molecule has 0 aliphatic carbocycles. The van der Waals surface area contributed by atoms with Gasteiger partial charge in [-0.3, -0.25) is 4.79 Å². The molecule has 0 aromatic carbocycles. The number of carbonyl (C=O) groups is 1. The van der Waals surface area contributed by atoms with E-state index in [1.54, 1.807) is 0 Å². The molecule has 2 rings (SSSR count). The first kappa shape index (κ1) is 19.6. The van der Waals surface area contributed by atoms with Crippen molar-refractivity contribution in [3.63, 3.8) is 0 Å². The van der Waals surface area contributed by atoms with Crippen LogP contribution in [0.5, 0.6) is 0 Å². The minimum Gasteiger partial charge on any atom is -0.394 e. The second-order valence-corrected chi connectivity index (χ2v) is 5.56. The molecule has 2 heterocycles. The molecule has 6 N–H and O–H groups in total. The summed E-state index contributed by atoms with van der Waals surface area (Å²) in [4.78, 5) is 11.8. The summed E-state index contributed by atoms with van der Waals surface area (Å²) in [5.41, 5.74) is 0. The van der Waals surface area contributed by atoms with Crippen molar-refractivity contribution in [2.75, 3.05) is 20.3 Å². The van der Waals surface area contributed by atoms with E-state index < -0.39 is 74.3 Å². The van der Waals surface area contributed by atoms with Crippen molar-refractivity contribution in [3.8, 4) is 0 Å². The van der Waals surface area contributed by atoms with E-state index in [-0.39, 0.29) is 0 Å². The lowest BCUT2D eigenvalue weighted by Crippen LogP contribution is -2.63. The van der Waals surface area contributed by atoms with Crippen LogP contribution in [0.15, 0.2) is 0 Å². The van der Waals surface area contributed by atoms with Crippen molar-refractivity contribution >= 4 is 5.78 Å². The van der Waals surface area contributed by atoms with Gasteiger partial charge < -0.3 is 49.6 Å². The minimum absolute atomic E-state index is 0.614. The largest absolute Gasteiger partial charge is 0.394 e. The smallest absolute Gasteiger partial charge is 0.197 e. The molecule has 0 saturated carbocycles. The number of ether oxygens (including phenoxy) is 4. The van der Waals surface area contributed by atoms with Crippen LogP contribution in [0.4, 0.5) is 0 Å². The van der Waals surface area contributed by atoms with Crippen molar-refractivity contribution in [2.24, 2.45) is 0 Å². The molecule has 2 saturated heterocycles. The van der Waals surface area contributed by atoms with Crippen molar-refractivity contribution in [1.29, 1.82) is 0 Å². The molecular formula is C13H22O11. The third-order valence-electron chi connectivity index (χ3n) is 4.03. The zero-order chi connectivity index (χ0) is 18.0. The molecule has 11 nitrogen and oxygen atoms in total. The van der Waals surface area contributed by atoms with Crippen LogP contribution in [0.2, 0.25) is 0 Å². The van der Waals surface area contributed by atoms with Gasteiger partial charge in [-0.2, -0.15) is 0 Å². The first-order valence-corrected chi connectivity index (χ1v) is 7.32. The molecule has 9 atom stereocenters. The van der Waals surface area contributed by atoms with Crippen molar-refractivity contribution in [3.05, 3.63) is 0 Å². The van der Waals surface area contributed by atoms with Gasteiger partial charge in [0, 0.05) is 7.11 Å². The zero-order valence-corrected chi connectivity index (χ0v) is 12.8. The Balaban J connectivity index is 2.13. The van der Waals surface area contributed by atoms with Gasteiger partial charge in [0.25, 0.3) is 0 Å². The summed E-state index contributed by atoms with van der Waals surface area (Å²) in [6, 6.07) is 0. The van der Waals surface area contributed by atoms with E-state index in [4.69, 9.17) is 24.1 Å². The summed E-state index contributed by atoms with van der Waals surface area (Å²) in [5.74, 6) is -1.02. The monoisotopic (exact) mass is 354 g/mol. The fourth-order valence-corrected chi connectivity index (χ4v) is 2.63. The number of aliphatic hydroxyl groups is 6. The SMILES string of the molecule is CO[C@@H]1OC(CO)[C@@H](O[C@@H]2OC(CO)[C@@H](O)C(=O)[C@@H]2O)C(O)[C@@H]1O. The molecule has 3 unspecified atom stereocenters. The van der Waals surface area contributed by atoms with Crippen LogP contribution in [0.25, 0.3) is 0 Å². The lowest BCUT2D eigenvalue weighted by Gasteiger charge is -2.44. The van der Waals surface area contributed by atoms with Crippen molar-refractivity contribution in [2.45, 2.75) is 55.3 Å². The van der Waals surface area contributed by atoms with E-state index in [9.17, 15) is 30.3 Å². The van der Waals surface area contributed by atoms with E-state index in [0.29, 0.717) is 0 Å². The molecule has 11 heteroatoms. The number of carbonyl (C=O) groups excluding carboxylic acids is 1. The molecular weight excluding hydrogens is 332 g/mol. The van der Waals surface area contributed by atoms with Crippen LogP contribution in [-0.2, 0) is 23.7 Å². The average molecular weight is 354 g/mol. The number of aliphatic hydroxyl groups excluding tert-OH is 6. The summed E-state index contributed by atoms with van der Waals surface area (Å²) < 4.78 is 20.5. The number of methoxy groups -OCH3 is 1. The van der Waals surface area contributed by atoms with Gasteiger partial charge in [-0.05, 0) is 0 Å². The van der Waals surface area contributed by atoms with Crippen LogP contribution >= 0.6 is 0 Å². The first-order chi connectivity index (χ1) is 11.3. The maximum atomic E-state index is 11.8. The van der Waals surface area contributed by atoms with Gasteiger partial charge in [-0.1, -0.05) is 0 Å². The summed E-state index contributed by atoms with van der Waals surface area (Å²) in [6.07, 6.45) is -13.4. The van der Waals surface area contributed by atoms with Gasteiger partial charge in [0.05, 0.1) is 13.2 Å². The van der Waals surface area contributed by atoms with E-state index in [0.717, 1.165) is 0 Å². The molecule has 2 fully saturated rings. The van der Waals surface area contributed by atoms with E-state index >= 15 is 0 Å². The standard InChI is InChI=1S/C13H22O11/c1-21-12-10(20)8(18)11(5(3-15)23-12)24-13-9(19)7(17)6(16)4(2-14)22-13/h4-6,8-16,18-20H,2-3H2,1H3/t4?,5?,6-,8?,9+,10+,11-,12-,13+/m1/s1. The molecule has 0 amide bonds. The maximum Gasteiger partial charge on any atom is 0.197 e. The molecule has 24 heavy (non-hydrogen) atoms. The second-order valence-electron chi connectivity index (χ2n) is 5.56. The summed E-state index contributed by atoms with van der Waals surface area (Å²) in [5, 5.41) is 57.9. The van der Waals surface area contributed by atoms with Gasteiger partial charge in [0.2, 0.25) is 0 Å². The Labute approximate surface area is 136 Å². The highest BCUT2D eigenvalue weighted by Gasteiger charge is 2.50. The summed E-state index contributed by atoms with van der Waals surface area (Å²) in [7, 11) is 1.23. The number of Topliss-reactive ketones (excluding diaryl/α,β-unsaturated/α-hetero) is 1. The van der Waals surface area contributed by atoms with E-state index in [2.05, 4.69) is 0 Å². The molecule has 0 aromatic heterocycles. The number of hydrogen-bond acceptors (Lipinski definition) is 11. The summed E-state index contributed by atoms with van der Waals surface area (Å²) in [6.45, 7) is -1.32. The van der Waals surface area contributed by atoms with E-state index in [1.807, 2.05) is 0 Å². The number of rotatable bonds is 5. The van der Waals surface area contributed by atoms with Crippen LogP contribution in [0.3, 0.4) is 0 Å². The second kappa shape index (κ2) is 8.10. The Hall–Kier alpha value is -0.730. The Morgan fingerprint density at radius 3 is 2.04 bits per heavy atom. The van der Waals surface area contributed by atoms with Gasteiger partial charge >= 0.3 is 0 Å². The van der Waals surface area contributed by atoms with Crippen LogP contribution in [0, 0.1) is 0 Å². The highest BCUT2D eigenvalue weighted by molar-refractivity contribution is 5.88. The predicted octanol–water partition coefficient (Wildman–Crippen LogP) is -4.53. The van der Waals surface area contributed by atoms with Crippen LogP contribution in [0.1, 0.15) is 0 Å². The first-order valence-electron chi connectivity index (χ1n) is 7.32. The lowest BCUT2D eigenvalue weighted by atomic mass is 9.97. The van der Waals surface area contributed by atoms with Crippen LogP contribution in [-0.4, -0.2) is 112 Å². The maximum absolute atomic E-state index is 11.8. The van der Waals surface area contributed by atoms with Gasteiger partial charge in [0.1, 0.15) is 36.6 Å². The van der Waals surface area contributed by atoms with Crippen LogP contribution < -0.4 is 0 Å². The quantitative estimate of drug-likeness (QED) is 0.280. The Bertz CT molecular complexity index is 430.